The van der Waals surface area contributed by atoms with Gasteiger partial charge in [0.25, 0.3) is 5.78 Å². The van der Waals surface area contributed by atoms with E-state index in [1.165, 1.54) is 12.1 Å². The van der Waals surface area contributed by atoms with Crippen LogP contribution in [0.4, 0.5) is 13.2 Å². The Morgan fingerprint density at radius 3 is 2.15 bits per heavy atom. The Balaban J connectivity index is 2.53. The fourth-order valence-corrected chi connectivity index (χ4v) is 1.70. The van der Waals surface area contributed by atoms with Crippen LogP contribution in [0, 0.1) is 0 Å². The fourth-order valence-electron chi connectivity index (χ4n) is 1.70. The van der Waals surface area contributed by atoms with Crippen LogP contribution in [0.25, 0.3) is 0 Å². The molecular weight excluding hydrogens is 271 g/mol. The lowest BCUT2D eigenvalue weighted by molar-refractivity contribution is -0.0885. The molecule has 0 unspecified atom stereocenters. The summed E-state index contributed by atoms with van der Waals surface area (Å²) in [6.45, 7) is 7.12. The zero-order valence-corrected chi connectivity index (χ0v) is 11.5. The number of alkyl halides is 3. The van der Waals surface area contributed by atoms with Gasteiger partial charge in [0.1, 0.15) is 12.4 Å². The van der Waals surface area contributed by atoms with Crippen molar-refractivity contribution in [2.24, 2.45) is 0 Å². The number of rotatable bonds is 7. The number of likely N-dealkylation sites (N-methyl/N-ethyl adjacent to an activating group) is 1. The van der Waals surface area contributed by atoms with Gasteiger partial charge in [-0.1, -0.05) is 13.8 Å². The summed E-state index contributed by atoms with van der Waals surface area (Å²) in [4.78, 5) is 13.2. The first-order chi connectivity index (χ1) is 9.38. The molecule has 0 radical (unpaired) electrons. The van der Waals surface area contributed by atoms with Crippen molar-refractivity contribution in [1.29, 1.82) is 0 Å². The largest absolute Gasteiger partial charge is 0.492 e. The van der Waals surface area contributed by atoms with Gasteiger partial charge in [0.15, 0.2) is 0 Å². The van der Waals surface area contributed by atoms with Crippen LogP contribution in [0.5, 0.6) is 5.75 Å². The van der Waals surface area contributed by atoms with Crippen LogP contribution in [0.15, 0.2) is 24.3 Å². The highest BCUT2D eigenvalue weighted by atomic mass is 19.4. The van der Waals surface area contributed by atoms with Crippen molar-refractivity contribution in [1.82, 2.24) is 4.90 Å². The predicted molar refractivity (Wildman–Crippen MR) is 70.1 cm³/mol. The molecule has 0 saturated heterocycles. The number of nitrogens with zero attached hydrogens (tertiary/aromatic N) is 1. The second-order valence-electron chi connectivity index (χ2n) is 4.23. The van der Waals surface area contributed by atoms with Crippen LogP contribution < -0.4 is 4.74 Å². The number of ether oxygens (including phenoxy) is 1. The molecule has 1 aromatic carbocycles. The molecule has 6 heteroatoms. The number of Topliss-reactive ketones (excluding diaryl/α,β-unsaturated/α-hetero) is 1. The van der Waals surface area contributed by atoms with Gasteiger partial charge in [0, 0.05) is 12.1 Å². The molecule has 112 valence electrons. The number of carbonyl (C=O) groups is 1. The number of hydrogen-bond acceptors (Lipinski definition) is 3. The molecule has 0 bridgehead atoms. The van der Waals surface area contributed by atoms with Gasteiger partial charge < -0.3 is 9.64 Å². The first-order valence-electron chi connectivity index (χ1n) is 6.45. The van der Waals surface area contributed by atoms with E-state index in [4.69, 9.17) is 4.74 Å². The van der Waals surface area contributed by atoms with Gasteiger partial charge in [-0.3, -0.25) is 4.79 Å². The number of hydrogen-bond donors (Lipinski definition) is 0. The first-order valence-corrected chi connectivity index (χ1v) is 6.45. The lowest BCUT2D eigenvalue weighted by atomic mass is 10.1. The quantitative estimate of drug-likeness (QED) is 0.722. The molecule has 0 aromatic heterocycles. The summed E-state index contributed by atoms with van der Waals surface area (Å²) in [6, 6.07) is 5.01. The van der Waals surface area contributed by atoms with E-state index in [1.807, 2.05) is 13.8 Å². The molecule has 3 nitrogen and oxygen atoms in total. The summed E-state index contributed by atoms with van der Waals surface area (Å²) in [6.07, 6.45) is -4.84. The second kappa shape index (κ2) is 7.28. The SMILES string of the molecule is CCN(CC)CCOc1ccc(C(=O)C(F)(F)F)cc1. The van der Waals surface area contributed by atoms with E-state index >= 15 is 0 Å². The van der Waals surface area contributed by atoms with Crippen LogP contribution in [-0.2, 0) is 0 Å². The zero-order valence-electron chi connectivity index (χ0n) is 11.5. The van der Waals surface area contributed by atoms with Crippen molar-refractivity contribution in [3.05, 3.63) is 29.8 Å². The van der Waals surface area contributed by atoms with E-state index in [9.17, 15) is 18.0 Å². The normalized spacial score (nSPS) is 11.7. The highest BCUT2D eigenvalue weighted by Gasteiger charge is 2.39. The van der Waals surface area contributed by atoms with Crippen LogP contribution in [0.3, 0.4) is 0 Å². The van der Waals surface area contributed by atoms with Crippen molar-refractivity contribution in [3.63, 3.8) is 0 Å². The van der Waals surface area contributed by atoms with Crippen molar-refractivity contribution >= 4 is 5.78 Å². The van der Waals surface area contributed by atoms with Crippen LogP contribution in [0.2, 0.25) is 0 Å². The summed E-state index contributed by atoms with van der Waals surface area (Å²) in [5.74, 6) is -1.39. The lowest BCUT2D eigenvalue weighted by Gasteiger charge is -2.18. The summed E-state index contributed by atoms with van der Waals surface area (Å²) < 4.78 is 42.1. The molecule has 0 amide bonds. The average Bonchev–Trinajstić information content (AvgIpc) is 2.42. The summed E-state index contributed by atoms with van der Waals surface area (Å²) in [5.41, 5.74) is -0.381. The van der Waals surface area contributed by atoms with E-state index in [0.29, 0.717) is 12.4 Å². The van der Waals surface area contributed by atoms with Crippen LogP contribution >= 0.6 is 0 Å². The summed E-state index contributed by atoms with van der Waals surface area (Å²) >= 11 is 0. The third-order valence-corrected chi connectivity index (χ3v) is 2.94. The molecule has 1 aromatic rings. The monoisotopic (exact) mass is 289 g/mol. The van der Waals surface area contributed by atoms with Crippen LogP contribution in [0.1, 0.15) is 24.2 Å². The smallest absolute Gasteiger partial charge is 0.454 e. The molecule has 1 rings (SSSR count). The van der Waals surface area contributed by atoms with Crippen molar-refractivity contribution in [2.45, 2.75) is 20.0 Å². The molecule has 0 aliphatic rings. The predicted octanol–water partition coefficient (Wildman–Crippen LogP) is 3.15. The Kier molecular flexibility index (Phi) is 6.01. The van der Waals surface area contributed by atoms with E-state index in [-0.39, 0.29) is 5.56 Å². The van der Waals surface area contributed by atoms with Gasteiger partial charge >= 0.3 is 6.18 Å². The molecule has 0 N–H and O–H groups in total. The molecule has 0 saturated carbocycles. The van der Waals surface area contributed by atoms with Gasteiger partial charge in [-0.05, 0) is 37.4 Å². The van der Waals surface area contributed by atoms with E-state index < -0.39 is 12.0 Å². The Bertz CT molecular complexity index is 425. The fraction of sp³-hybridized carbons (Fsp3) is 0.500. The Labute approximate surface area is 116 Å². The van der Waals surface area contributed by atoms with E-state index in [2.05, 4.69) is 4.90 Å². The maximum absolute atomic E-state index is 12.2. The van der Waals surface area contributed by atoms with Crippen molar-refractivity contribution < 1.29 is 22.7 Å². The van der Waals surface area contributed by atoms with Crippen molar-refractivity contribution in [3.8, 4) is 5.75 Å². The second-order valence-corrected chi connectivity index (χ2v) is 4.23. The molecular formula is C14H18F3NO2. The molecule has 0 spiro atoms. The van der Waals surface area contributed by atoms with Gasteiger partial charge in [-0.2, -0.15) is 13.2 Å². The Morgan fingerprint density at radius 1 is 1.15 bits per heavy atom. The average molecular weight is 289 g/mol. The summed E-state index contributed by atoms with van der Waals surface area (Å²) in [7, 11) is 0. The number of carbonyl (C=O) groups excluding carboxylic acids is 1. The maximum atomic E-state index is 12.2. The zero-order chi connectivity index (χ0) is 15.2. The van der Waals surface area contributed by atoms with Gasteiger partial charge in [0.2, 0.25) is 0 Å². The lowest BCUT2D eigenvalue weighted by Crippen LogP contribution is -2.27. The number of halogens is 3. The minimum absolute atomic E-state index is 0.381. The Hall–Kier alpha value is -1.56. The number of benzene rings is 1. The third-order valence-electron chi connectivity index (χ3n) is 2.94. The molecule has 0 heterocycles. The maximum Gasteiger partial charge on any atom is 0.454 e. The van der Waals surface area contributed by atoms with Gasteiger partial charge in [0.05, 0.1) is 0 Å². The van der Waals surface area contributed by atoms with E-state index in [0.717, 1.165) is 31.8 Å². The topological polar surface area (TPSA) is 29.5 Å². The van der Waals surface area contributed by atoms with Gasteiger partial charge in [-0.25, -0.2) is 0 Å². The first kappa shape index (κ1) is 16.5. The standard InChI is InChI=1S/C14H18F3NO2/c1-3-18(4-2)9-10-20-12-7-5-11(6-8-12)13(19)14(15,16)17/h5-8H,3-4,9-10H2,1-2H3. The summed E-state index contributed by atoms with van der Waals surface area (Å²) in [5, 5.41) is 0. The highest BCUT2D eigenvalue weighted by molar-refractivity contribution is 6.00. The third kappa shape index (κ3) is 4.85. The minimum atomic E-state index is -4.84. The van der Waals surface area contributed by atoms with E-state index in [1.54, 1.807) is 0 Å². The Morgan fingerprint density at radius 2 is 1.70 bits per heavy atom. The minimum Gasteiger partial charge on any atom is -0.492 e. The number of ketones is 1. The molecule has 0 fully saturated rings. The molecule has 0 aliphatic heterocycles. The van der Waals surface area contributed by atoms with Crippen molar-refractivity contribution in [2.75, 3.05) is 26.2 Å². The highest BCUT2D eigenvalue weighted by Crippen LogP contribution is 2.22. The molecule has 20 heavy (non-hydrogen) atoms. The van der Waals surface area contributed by atoms with Gasteiger partial charge in [-0.15, -0.1) is 0 Å². The molecule has 0 aliphatic carbocycles. The molecule has 0 atom stereocenters. The van der Waals surface area contributed by atoms with Crippen LogP contribution in [-0.4, -0.2) is 43.1 Å².